The van der Waals surface area contributed by atoms with E-state index < -0.39 is 0 Å². The number of amides is 1. The Morgan fingerprint density at radius 2 is 1.77 bits per heavy atom. The van der Waals surface area contributed by atoms with Crippen LogP contribution >= 0.6 is 24.8 Å². The molecule has 8 heteroatoms. The number of halogens is 2. The van der Waals surface area contributed by atoms with Crippen LogP contribution < -0.4 is 20.7 Å². The molecule has 166 valence electrons. The Morgan fingerprint density at radius 1 is 1.07 bits per heavy atom. The van der Waals surface area contributed by atoms with Gasteiger partial charge in [-0.15, -0.1) is 24.8 Å². The number of benzene rings is 1. The molecule has 1 amide bonds. The highest BCUT2D eigenvalue weighted by molar-refractivity contribution is 5.85. The summed E-state index contributed by atoms with van der Waals surface area (Å²) in [5.74, 6) is 1.86. The van der Waals surface area contributed by atoms with Crippen LogP contribution in [0.3, 0.4) is 0 Å². The van der Waals surface area contributed by atoms with Crippen LogP contribution in [0.25, 0.3) is 11.1 Å². The number of pyridine rings is 1. The summed E-state index contributed by atoms with van der Waals surface area (Å²) >= 11 is 0. The maximum absolute atomic E-state index is 12.6. The Balaban J connectivity index is 0.00000225. The van der Waals surface area contributed by atoms with E-state index in [2.05, 4.69) is 27.0 Å². The van der Waals surface area contributed by atoms with Crippen LogP contribution in [0.2, 0.25) is 0 Å². The zero-order valence-electron chi connectivity index (χ0n) is 17.7. The Kier molecular flexibility index (Phi) is 10.9. The number of nitrogens with one attached hydrogen (secondary N) is 3. The number of carbonyl (C=O) groups is 1. The predicted octanol–water partition coefficient (Wildman–Crippen LogP) is 4.04. The second kappa shape index (κ2) is 12.6. The Morgan fingerprint density at radius 3 is 2.33 bits per heavy atom. The minimum Gasteiger partial charge on any atom is -0.496 e. The fourth-order valence-electron chi connectivity index (χ4n) is 3.78. The minimum absolute atomic E-state index is 0. The van der Waals surface area contributed by atoms with Gasteiger partial charge in [-0.05, 0) is 62.6 Å². The number of anilines is 1. The first-order chi connectivity index (χ1) is 13.6. The molecule has 1 fully saturated rings. The van der Waals surface area contributed by atoms with Gasteiger partial charge >= 0.3 is 0 Å². The molecule has 0 saturated heterocycles. The average Bonchev–Trinajstić information content (AvgIpc) is 2.77. The number of methoxy groups -OCH3 is 1. The maximum atomic E-state index is 12.6. The van der Waals surface area contributed by atoms with Crippen molar-refractivity contribution in [2.24, 2.45) is 5.92 Å². The summed E-state index contributed by atoms with van der Waals surface area (Å²) < 4.78 is 5.49. The Hall–Kier alpha value is -2.02. The van der Waals surface area contributed by atoms with Crippen LogP contribution in [0.1, 0.15) is 31.2 Å². The van der Waals surface area contributed by atoms with E-state index in [-0.39, 0.29) is 36.6 Å². The molecule has 0 bridgehead atoms. The van der Waals surface area contributed by atoms with Crippen molar-refractivity contribution in [2.75, 3.05) is 26.5 Å². The van der Waals surface area contributed by atoms with Gasteiger partial charge in [0.05, 0.1) is 7.11 Å². The normalized spacial score (nSPS) is 17.8. The molecule has 0 unspecified atom stereocenters. The number of rotatable bonds is 7. The molecule has 1 aliphatic carbocycles. The van der Waals surface area contributed by atoms with Gasteiger partial charge in [-0.25, -0.2) is 4.98 Å². The molecular formula is C22H32Cl2N4O2. The van der Waals surface area contributed by atoms with Crippen molar-refractivity contribution in [1.29, 1.82) is 0 Å². The highest BCUT2D eigenvalue weighted by Crippen LogP contribution is 2.28. The van der Waals surface area contributed by atoms with Crippen molar-refractivity contribution < 1.29 is 9.53 Å². The highest BCUT2D eigenvalue weighted by atomic mass is 35.5. The summed E-state index contributed by atoms with van der Waals surface area (Å²) in [5, 5.41) is 9.44. The Labute approximate surface area is 191 Å². The summed E-state index contributed by atoms with van der Waals surface area (Å²) in [6.07, 6.45) is 5.85. The third-order valence-corrected chi connectivity index (χ3v) is 5.59. The molecular weight excluding hydrogens is 423 g/mol. The average molecular weight is 455 g/mol. The van der Waals surface area contributed by atoms with Crippen molar-refractivity contribution in [1.82, 2.24) is 15.6 Å². The van der Waals surface area contributed by atoms with Gasteiger partial charge in [-0.1, -0.05) is 6.07 Å². The number of hydrogen-bond acceptors (Lipinski definition) is 5. The molecule has 0 radical (unpaired) electrons. The largest absolute Gasteiger partial charge is 0.496 e. The molecule has 0 aliphatic heterocycles. The van der Waals surface area contributed by atoms with Crippen LogP contribution in [0.4, 0.5) is 5.82 Å². The summed E-state index contributed by atoms with van der Waals surface area (Å²) in [6.45, 7) is 0.462. The van der Waals surface area contributed by atoms with E-state index in [1.54, 1.807) is 7.11 Å². The lowest BCUT2D eigenvalue weighted by Gasteiger charge is -2.27. The number of ether oxygens (including phenoxy) is 1. The first kappa shape index (κ1) is 26.0. The third kappa shape index (κ3) is 6.49. The van der Waals surface area contributed by atoms with Crippen molar-refractivity contribution in [2.45, 2.75) is 38.3 Å². The summed E-state index contributed by atoms with van der Waals surface area (Å²) in [6, 6.07) is 10.5. The van der Waals surface area contributed by atoms with Crippen LogP contribution in [-0.2, 0) is 11.3 Å². The zero-order chi connectivity index (χ0) is 19.9. The summed E-state index contributed by atoms with van der Waals surface area (Å²) in [5.41, 5.74) is 3.05. The number of carbonyl (C=O) groups excluding carboxylic acids is 1. The molecule has 0 spiro atoms. The lowest BCUT2D eigenvalue weighted by atomic mass is 9.85. The monoisotopic (exact) mass is 454 g/mol. The van der Waals surface area contributed by atoms with Crippen LogP contribution in [0.5, 0.6) is 5.75 Å². The molecule has 1 aliphatic rings. The molecule has 30 heavy (non-hydrogen) atoms. The fraction of sp³-hybridized carbons (Fsp3) is 0.455. The zero-order valence-corrected chi connectivity index (χ0v) is 19.4. The standard InChI is InChI=1S/C22H30N4O2.2ClH/c1-23-19-8-4-15(5-9-19)22(27)26-14-18-12-16(6-10-20(18)28-3)17-7-11-21(24-2)25-13-17;;/h6-7,10-13,15,19,23H,4-5,8-9,14H2,1-3H3,(H,24,25)(H,26,27);2*1H. The van der Waals surface area contributed by atoms with Gasteiger partial charge in [0.15, 0.2) is 0 Å². The van der Waals surface area contributed by atoms with Gasteiger partial charge in [0.1, 0.15) is 11.6 Å². The van der Waals surface area contributed by atoms with Gasteiger partial charge < -0.3 is 20.7 Å². The van der Waals surface area contributed by atoms with E-state index in [4.69, 9.17) is 4.74 Å². The molecule has 1 heterocycles. The van der Waals surface area contributed by atoms with Crippen molar-refractivity contribution in [3.05, 3.63) is 42.1 Å². The van der Waals surface area contributed by atoms with Crippen molar-refractivity contribution in [3.8, 4) is 16.9 Å². The lowest BCUT2D eigenvalue weighted by molar-refractivity contribution is -0.126. The van der Waals surface area contributed by atoms with E-state index in [1.165, 1.54) is 0 Å². The molecule has 3 rings (SSSR count). The van der Waals surface area contributed by atoms with Crippen molar-refractivity contribution in [3.63, 3.8) is 0 Å². The van der Waals surface area contributed by atoms with E-state index in [1.807, 2.05) is 44.6 Å². The van der Waals surface area contributed by atoms with Crippen LogP contribution in [0.15, 0.2) is 36.5 Å². The van der Waals surface area contributed by atoms with E-state index in [0.717, 1.165) is 53.9 Å². The van der Waals surface area contributed by atoms with Crippen LogP contribution in [0, 0.1) is 5.92 Å². The lowest BCUT2D eigenvalue weighted by Crippen LogP contribution is -2.37. The van der Waals surface area contributed by atoms with Gasteiger partial charge in [-0.3, -0.25) is 4.79 Å². The first-order valence-corrected chi connectivity index (χ1v) is 9.90. The van der Waals surface area contributed by atoms with Crippen LogP contribution in [-0.4, -0.2) is 38.1 Å². The van der Waals surface area contributed by atoms with E-state index >= 15 is 0 Å². The first-order valence-electron chi connectivity index (χ1n) is 9.90. The Bertz CT molecular complexity index is 794. The molecule has 1 aromatic carbocycles. The second-order valence-corrected chi connectivity index (χ2v) is 7.26. The number of nitrogens with zero attached hydrogens (tertiary/aromatic N) is 1. The molecule has 1 aromatic heterocycles. The van der Waals surface area contributed by atoms with E-state index in [0.29, 0.717) is 12.6 Å². The smallest absolute Gasteiger partial charge is 0.223 e. The minimum atomic E-state index is 0. The number of hydrogen-bond donors (Lipinski definition) is 3. The fourth-order valence-corrected chi connectivity index (χ4v) is 3.78. The quantitative estimate of drug-likeness (QED) is 0.588. The summed E-state index contributed by atoms with van der Waals surface area (Å²) in [4.78, 5) is 17.0. The molecule has 1 saturated carbocycles. The second-order valence-electron chi connectivity index (χ2n) is 7.26. The SMILES string of the molecule is CNc1ccc(-c2ccc(OC)c(CNC(=O)C3CCC(NC)CC3)c2)cn1.Cl.Cl. The van der Waals surface area contributed by atoms with Gasteiger partial charge in [0, 0.05) is 42.9 Å². The summed E-state index contributed by atoms with van der Waals surface area (Å²) in [7, 11) is 5.50. The highest BCUT2D eigenvalue weighted by Gasteiger charge is 2.25. The van der Waals surface area contributed by atoms with Gasteiger partial charge in [0.25, 0.3) is 0 Å². The molecule has 6 nitrogen and oxygen atoms in total. The van der Waals surface area contributed by atoms with E-state index in [9.17, 15) is 4.79 Å². The molecule has 2 aromatic rings. The van der Waals surface area contributed by atoms with Gasteiger partial charge in [0.2, 0.25) is 5.91 Å². The molecule has 3 N–H and O–H groups in total. The number of aromatic nitrogens is 1. The van der Waals surface area contributed by atoms with Gasteiger partial charge in [-0.2, -0.15) is 0 Å². The maximum Gasteiger partial charge on any atom is 0.223 e. The molecule has 0 atom stereocenters. The third-order valence-electron chi connectivity index (χ3n) is 5.59. The van der Waals surface area contributed by atoms with Crippen molar-refractivity contribution >= 4 is 36.5 Å². The topological polar surface area (TPSA) is 75.3 Å². The predicted molar refractivity (Wildman–Crippen MR) is 127 cm³/mol.